The van der Waals surface area contributed by atoms with Crippen LogP contribution in [0.2, 0.25) is 0 Å². The number of nitrogen functional groups attached to an aromatic ring is 2. The molecular weight excluding hydrogens is 288 g/mol. The van der Waals surface area contributed by atoms with Crippen LogP contribution in [0.25, 0.3) is 10.9 Å². The summed E-state index contributed by atoms with van der Waals surface area (Å²) < 4.78 is 25.1. The van der Waals surface area contributed by atoms with Crippen molar-refractivity contribution in [1.82, 2.24) is 9.97 Å². The van der Waals surface area contributed by atoms with Crippen LogP contribution in [0.4, 0.5) is 11.8 Å². The van der Waals surface area contributed by atoms with Gasteiger partial charge in [0.25, 0.3) is 0 Å². The molecule has 0 aliphatic heterocycles. The molecule has 1 heterocycles. The van der Waals surface area contributed by atoms with Gasteiger partial charge in [-0.1, -0.05) is 18.2 Å². The first-order valence-corrected chi connectivity index (χ1v) is 7.60. The molecule has 1 aromatic heterocycles. The zero-order valence-corrected chi connectivity index (χ0v) is 11.7. The molecule has 106 valence electrons. The van der Waals surface area contributed by atoms with E-state index in [0.29, 0.717) is 10.9 Å². The lowest BCUT2D eigenvalue weighted by Crippen LogP contribution is -2.04. The average Bonchev–Trinajstić information content (AvgIpc) is 2.47. The lowest BCUT2D eigenvalue weighted by Gasteiger charge is -2.07. The number of hydrogen-bond acceptors (Lipinski definition) is 6. The Bertz CT molecular complexity index is 924. The molecule has 0 fully saturated rings. The van der Waals surface area contributed by atoms with Crippen molar-refractivity contribution in [2.45, 2.75) is 9.79 Å². The highest BCUT2D eigenvalue weighted by Crippen LogP contribution is 2.26. The van der Waals surface area contributed by atoms with Crippen LogP contribution in [0.15, 0.2) is 58.3 Å². The van der Waals surface area contributed by atoms with Crippen molar-refractivity contribution in [2.24, 2.45) is 0 Å². The van der Waals surface area contributed by atoms with Gasteiger partial charge in [-0.25, -0.2) is 13.4 Å². The van der Waals surface area contributed by atoms with E-state index < -0.39 is 9.84 Å². The van der Waals surface area contributed by atoms with Crippen LogP contribution in [-0.2, 0) is 9.84 Å². The predicted molar refractivity (Wildman–Crippen MR) is 80.3 cm³/mol. The number of benzene rings is 2. The minimum Gasteiger partial charge on any atom is -0.383 e. The van der Waals surface area contributed by atoms with Crippen LogP contribution in [0, 0.1) is 0 Å². The quantitative estimate of drug-likeness (QED) is 0.744. The molecule has 3 aromatic rings. The first-order valence-electron chi connectivity index (χ1n) is 6.11. The molecule has 2 aromatic carbocycles. The fraction of sp³-hybridized carbons (Fsp3) is 0. The number of fused-ring (bicyclic) bond motifs is 1. The largest absolute Gasteiger partial charge is 0.383 e. The van der Waals surface area contributed by atoms with Crippen LogP contribution in [0.1, 0.15) is 0 Å². The topological polar surface area (TPSA) is 112 Å². The minimum atomic E-state index is -3.60. The summed E-state index contributed by atoms with van der Waals surface area (Å²) in [6.07, 6.45) is 0. The van der Waals surface area contributed by atoms with Gasteiger partial charge in [0.05, 0.1) is 15.3 Å². The molecule has 0 atom stereocenters. The number of anilines is 2. The van der Waals surface area contributed by atoms with E-state index in [0.717, 1.165) is 0 Å². The number of nitrogens with two attached hydrogens (primary N) is 2. The molecule has 0 saturated heterocycles. The molecule has 0 bridgehead atoms. The number of aromatic nitrogens is 2. The number of nitrogens with zero attached hydrogens (tertiary/aromatic N) is 2. The van der Waals surface area contributed by atoms with Gasteiger partial charge in [0.2, 0.25) is 15.8 Å². The Labute approximate surface area is 121 Å². The molecule has 0 spiro atoms. The van der Waals surface area contributed by atoms with E-state index >= 15 is 0 Å². The number of rotatable bonds is 2. The van der Waals surface area contributed by atoms with Gasteiger partial charge in [-0.3, -0.25) is 0 Å². The van der Waals surface area contributed by atoms with Gasteiger partial charge < -0.3 is 11.5 Å². The summed E-state index contributed by atoms with van der Waals surface area (Å²) in [6.45, 7) is 0. The maximum absolute atomic E-state index is 12.5. The number of hydrogen-bond donors (Lipinski definition) is 2. The Balaban J connectivity index is 2.22. The normalized spacial score (nSPS) is 11.6. The Morgan fingerprint density at radius 1 is 0.857 bits per heavy atom. The number of sulfone groups is 1. The Kier molecular flexibility index (Phi) is 2.99. The van der Waals surface area contributed by atoms with Gasteiger partial charge in [-0.05, 0) is 30.3 Å². The summed E-state index contributed by atoms with van der Waals surface area (Å²) in [5.74, 6) is 0.232. The second kappa shape index (κ2) is 4.71. The lowest BCUT2D eigenvalue weighted by atomic mass is 10.2. The Hall–Kier alpha value is -2.67. The summed E-state index contributed by atoms with van der Waals surface area (Å²) in [6, 6.07) is 12.7. The third kappa shape index (κ3) is 2.27. The zero-order chi connectivity index (χ0) is 15.0. The molecule has 3 rings (SSSR count). The molecule has 4 N–H and O–H groups in total. The van der Waals surface area contributed by atoms with E-state index in [1.54, 1.807) is 36.4 Å². The highest BCUT2D eigenvalue weighted by molar-refractivity contribution is 7.91. The molecule has 7 heteroatoms. The predicted octanol–water partition coefficient (Wildman–Crippen LogP) is 1.63. The summed E-state index contributed by atoms with van der Waals surface area (Å²) in [5.41, 5.74) is 11.7. The summed E-state index contributed by atoms with van der Waals surface area (Å²) in [7, 11) is -3.60. The third-order valence-corrected chi connectivity index (χ3v) is 4.85. The van der Waals surface area contributed by atoms with Crippen LogP contribution >= 0.6 is 0 Å². The van der Waals surface area contributed by atoms with Crippen LogP contribution in [0.5, 0.6) is 0 Å². The van der Waals surface area contributed by atoms with Gasteiger partial charge in [0.1, 0.15) is 5.82 Å². The summed E-state index contributed by atoms with van der Waals surface area (Å²) in [5, 5.41) is 0.566. The average molecular weight is 300 g/mol. The fourth-order valence-corrected chi connectivity index (χ4v) is 3.36. The molecule has 0 radical (unpaired) electrons. The SMILES string of the molecule is Nc1nc(N)c2ccc(S(=O)(=O)c3ccccc3)cc2n1. The smallest absolute Gasteiger partial charge is 0.222 e. The molecule has 0 saturated carbocycles. The van der Waals surface area contributed by atoms with Gasteiger partial charge in [0.15, 0.2) is 0 Å². The first kappa shape index (κ1) is 13.3. The second-order valence-electron chi connectivity index (χ2n) is 4.46. The van der Waals surface area contributed by atoms with Crippen molar-refractivity contribution < 1.29 is 8.42 Å². The van der Waals surface area contributed by atoms with Crippen molar-refractivity contribution in [3.63, 3.8) is 0 Å². The maximum Gasteiger partial charge on any atom is 0.222 e. The van der Waals surface area contributed by atoms with E-state index in [4.69, 9.17) is 11.5 Å². The molecule has 0 amide bonds. The third-order valence-electron chi connectivity index (χ3n) is 3.08. The maximum atomic E-state index is 12.5. The molecule has 0 aliphatic carbocycles. The van der Waals surface area contributed by atoms with Gasteiger partial charge >= 0.3 is 0 Å². The highest BCUT2D eigenvalue weighted by atomic mass is 32.2. The molecule has 6 nitrogen and oxygen atoms in total. The van der Waals surface area contributed by atoms with Gasteiger partial charge in [-0.15, -0.1) is 0 Å². The van der Waals surface area contributed by atoms with Gasteiger partial charge in [-0.2, -0.15) is 4.98 Å². The molecule has 21 heavy (non-hydrogen) atoms. The molecule has 0 unspecified atom stereocenters. The van der Waals surface area contributed by atoms with Crippen molar-refractivity contribution in [3.05, 3.63) is 48.5 Å². The van der Waals surface area contributed by atoms with Gasteiger partial charge in [0, 0.05) is 5.39 Å². The Morgan fingerprint density at radius 2 is 1.57 bits per heavy atom. The monoisotopic (exact) mass is 300 g/mol. The van der Waals surface area contributed by atoms with E-state index in [9.17, 15) is 8.42 Å². The lowest BCUT2D eigenvalue weighted by molar-refractivity contribution is 0.596. The molecule has 0 aliphatic rings. The van der Waals surface area contributed by atoms with E-state index in [-0.39, 0.29) is 21.6 Å². The zero-order valence-electron chi connectivity index (χ0n) is 10.9. The van der Waals surface area contributed by atoms with Crippen molar-refractivity contribution in [2.75, 3.05) is 11.5 Å². The highest BCUT2D eigenvalue weighted by Gasteiger charge is 2.18. The minimum absolute atomic E-state index is 0.00857. The van der Waals surface area contributed by atoms with Crippen LogP contribution in [-0.4, -0.2) is 18.4 Å². The van der Waals surface area contributed by atoms with E-state index in [1.165, 1.54) is 12.1 Å². The van der Waals surface area contributed by atoms with Crippen LogP contribution in [0.3, 0.4) is 0 Å². The van der Waals surface area contributed by atoms with Crippen molar-refractivity contribution >= 4 is 32.5 Å². The Morgan fingerprint density at radius 3 is 2.29 bits per heavy atom. The van der Waals surface area contributed by atoms with Crippen LogP contribution < -0.4 is 11.5 Å². The van der Waals surface area contributed by atoms with E-state index in [2.05, 4.69) is 9.97 Å². The first-order chi connectivity index (χ1) is 9.98. The van der Waals surface area contributed by atoms with Crippen molar-refractivity contribution in [1.29, 1.82) is 0 Å². The summed E-state index contributed by atoms with van der Waals surface area (Å²) >= 11 is 0. The standard InChI is InChI=1S/C14H12N4O2S/c15-13-11-7-6-10(8-12(11)17-14(16)18-13)21(19,20)9-4-2-1-3-5-9/h1-8H,(H4,15,16,17,18). The van der Waals surface area contributed by atoms with E-state index in [1.807, 2.05) is 0 Å². The summed E-state index contributed by atoms with van der Waals surface area (Å²) in [4.78, 5) is 8.23. The van der Waals surface area contributed by atoms with Crippen molar-refractivity contribution in [3.8, 4) is 0 Å². The fourth-order valence-electron chi connectivity index (χ4n) is 2.06. The second-order valence-corrected chi connectivity index (χ2v) is 6.41. The molecular formula is C14H12N4O2S.